The molecule has 0 atom stereocenters. The first-order chi connectivity index (χ1) is 9.19. The molecule has 0 fully saturated rings. The highest BCUT2D eigenvalue weighted by Crippen LogP contribution is 2.26. The van der Waals surface area contributed by atoms with Crippen LogP contribution in [0, 0.1) is 0 Å². The number of likely N-dealkylation sites (N-methyl/N-ethyl adjacent to an activating group) is 2. The van der Waals surface area contributed by atoms with E-state index in [-0.39, 0.29) is 5.54 Å². The quantitative estimate of drug-likeness (QED) is 0.870. The molecule has 1 N–H and O–H groups in total. The van der Waals surface area contributed by atoms with Crippen molar-refractivity contribution in [3.63, 3.8) is 0 Å². The Bertz CT molecular complexity index is 424. The summed E-state index contributed by atoms with van der Waals surface area (Å²) in [6.45, 7) is 9.31. The molecule has 1 rings (SSSR count). The second-order valence-electron chi connectivity index (χ2n) is 6.61. The summed E-state index contributed by atoms with van der Waals surface area (Å²) in [4.78, 5) is 4.37. The first kappa shape index (κ1) is 17.3. The number of anilines is 1. The van der Waals surface area contributed by atoms with E-state index in [1.54, 1.807) is 0 Å². The summed E-state index contributed by atoms with van der Waals surface area (Å²) in [6.07, 6.45) is 0. The van der Waals surface area contributed by atoms with Gasteiger partial charge in [0.2, 0.25) is 0 Å². The van der Waals surface area contributed by atoms with Gasteiger partial charge in [-0.1, -0.05) is 17.7 Å². The Hall–Kier alpha value is -0.770. The zero-order valence-corrected chi connectivity index (χ0v) is 14.4. The maximum atomic E-state index is 6.41. The summed E-state index contributed by atoms with van der Waals surface area (Å²) in [6, 6.07) is 6.31. The molecule has 0 aliphatic carbocycles. The van der Waals surface area contributed by atoms with Crippen LogP contribution in [0.4, 0.5) is 5.69 Å². The molecule has 1 aromatic rings. The van der Waals surface area contributed by atoms with Crippen LogP contribution in [-0.4, -0.2) is 44.7 Å². The molecule has 3 nitrogen and oxygen atoms in total. The topological polar surface area (TPSA) is 18.5 Å². The standard InChI is InChI=1S/C16H28ClN3/c1-16(2,3)18-12-13-7-8-15(14(17)11-13)20(6)10-9-19(4)5/h7-8,11,18H,9-10,12H2,1-6H3. The fraction of sp³-hybridized carbons (Fsp3) is 0.625. The lowest BCUT2D eigenvalue weighted by Gasteiger charge is -2.24. The van der Waals surface area contributed by atoms with Crippen LogP contribution in [0.15, 0.2) is 18.2 Å². The van der Waals surface area contributed by atoms with Crippen LogP contribution in [-0.2, 0) is 6.54 Å². The van der Waals surface area contributed by atoms with Crippen LogP contribution in [0.1, 0.15) is 26.3 Å². The van der Waals surface area contributed by atoms with Gasteiger partial charge in [-0.15, -0.1) is 0 Å². The van der Waals surface area contributed by atoms with Crippen molar-refractivity contribution >= 4 is 17.3 Å². The zero-order valence-electron chi connectivity index (χ0n) is 13.6. The number of nitrogens with zero attached hydrogens (tertiary/aromatic N) is 2. The minimum absolute atomic E-state index is 0.119. The molecule has 4 heteroatoms. The SMILES string of the molecule is CN(C)CCN(C)c1ccc(CNC(C)(C)C)cc1Cl. The summed E-state index contributed by atoms with van der Waals surface area (Å²) in [5.41, 5.74) is 2.43. The molecular weight excluding hydrogens is 270 g/mol. The van der Waals surface area contributed by atoms with Crippen LogP contribution < -0.4 is 10.2 Å². The Morgan fingerprint density at radius 3 is 2.25 bits per heavy atom. The highest BCUT2D eigenvalue weighted by molar-refractivity contribution is 6.33. The van der Waals surface area contributed by atoms with Crippen LogP contribution >= 0.6 is 11.6 Å². The molecule has 0 spiro atoms. The molecule has 0 saturated heterocycles. The lowest BCUT2D eigenvalue weighted by Crippen LogP contribution is -2.35. The third kappa shape index (κ3) is 6.12. The van der Waals surface area contributed by atoms with Crippen LogP contribution in [0.3, 0.4) is 0 Å². The van der Waals surface area contributed by atoms with Gasteiger partial charge < -0.3 is 15.1 Å². The van der Waals surface area contributed by atoms with E-state index in [2.05, 4.69) is 75.2 Å². The first-order valence-corrected chi connectivity index (χ1v) is 7.46. The van der Waals surface area contributed by atoms with Gasteiger partial charge in [0.05, 0.1) is 10.7 Å². The van der Waals surface area contributed by atoms with E-state index in [1.165, 1.54) is 5.56 Å². The summed E-state index contributed by atoms with van der Waals surface area (Å²) in [7, 11) is 6.24. The van der Waals surface area contributed by atoms with Gasteiger partial charge in [-0.3, -0.25) is 0 Å². The summed E-state index contributed by atoms with van der Waals surface area (Å²) >= 11 is 6.41. The average Bonchev–Trinajstić information content (AvgIpc) is 2.32. The Balaban J connectivity index is 2.67. The maximum Gasteiger partial charge on any atom is 0.0642 e. The third-order valence-corrected chi connectivity index (χ3v) is 3.43. The van der Waals surface area contributed by atoms with Gasteiger partial charge in [0.15, 0.2) is 0 Å². The molecule has 0 heterocycles. The molecule has 0 unspecified atom stereocenters. The fourth-order valence-electron chi connectivity index (χ4n) is 1.81. The van der Waals surface area contributed by atoms with Gasteiger partial charge in [-0.2, -0.15) is 0 Å². The van der Waals surface area contributed by atoms with Crippen molar-refractivity contribution in [2.75, 3.05) is 39.1 Å². The van der Waals surface area contributed by atoms with Gasteiger partial charge in [-0.05, 0) is 52.6 Å². The molecule has 0 saturated carbocycles. The summed E-state index contributed by atoms with van der Waals surface area (Å²) < 4.78 is 0. The average molecular weight is 298 g/mol. The second-order valence-corrected chi connectivity index (χ2v) is 7.02. The minimum Gasteiger partial charge on any atom is -0.372 e. The van der Waals surface area contributed by atoms with Crippen molar-refractivity contribution in [1.29, 1.82) is 0 Å². The maximum absolute atomic E-state index is 6.41. The molecular formula is C16H28ClN3. The van der Waals surface area contributed by atoms with E-state index >= 15 is 0 Å². The number of halogens is 1. The Labute approximate surface area is 128 Å². The monoisotopic (exact) mass is 297 g/mol. The van der Waals surface area contributed by atoms with Gasteiger partial charge in [0.1, 0.15) is 0 Å². The van der Waals surface area contributed by atoms with Gasteiger partial charge in [0.25, 0.3) is 0 Å². The van der Waals surface area contributed by atoms with Crippen molar-refractivity contribution in [2.24, 2.45) is 0 Å². The van der Waals surface area contributed by atoms with Crippen molar-refractivity contribution < 1.29 is 0 Å². The molecule has 0 radical (unpaired) electrons. The van der Waals surface area contributed by atoms with Gasteiger partial charge in [0, 0.05) is 32.2 Å². The van der Waals surface area contributed by atoms with E-state index in [0.29, 0.717) is 0 Å². The predicted octanol–water partition coefficient (Wildman–Crippen LogP) is 3.23. The number of benzene rings is 1. The molecule has 0 aliphatic heterocycles. The zero-order chi connectivity index (χ0) is 15.3. The third-order valence-electron chi connectivity index (χ3n) is 3.13. The van der Waals surface area contributed by atoms with Crippen molar-refractivity contribution in [1.82, 2.24) is 10.2 Å². The van der Waals surface area contributed by atoms with E-state index in [4.69, 9.17) is 11.6 Å². The smallest absolute Gasteiger partial charge is 0.0642 e. The molecule has 0 aliphatic rings. The van der Waals surface area contributed by atoms with E-state index in [0.717, 1.165) is 30.3 Å². The molecule has 0 aromatic heterocycles. The van der Waals surface area contributed by atoms with Crippen molar-refractivity contribution in [2.45, 2.75) is 32.9 Å². The van der Waals surface area contributed by atoms with Gasteiger partial charge >= 0.3 is 0 Å². The summed E-state index contributed by atoms with van der Waals surface area (Å²) in [5, 5.41) is 4.29. The van der Waals surface area contributed by atoms with Gasteiger partial charge in [-0.25, -0.2) is 0 Å². The van der Waals surface area contributed by atoms with Crippen molar-refractivity contribution in [3.05, 3.63) is 28.8 Å². The highest BCUT2D eigenvalue weighted by atomic mass is 35.5. The lowest BCUT2D eigenvalue weighted by molar-refractivity contribution is 0.416. The first-order valence-electron chi connectivity index (χ1n) is 7.08. The Morgan fingerprint density at radius 2 is 1.75 bits per heavy atom. The number of hydrogen-bond acceptors (Lipinski definition) is 3. The minimum atomic E-state index is 0.119. The number of rotatable bonds is 6. The Kier molecular flexibility index (Phi) is 6.31. The summed E-state index contributed by atoms with van der Waals surface area (Å²) in [5.74, 6) is 0. The second kappa shape index (κ2) is 7.30. The van der Waals surface area contributed by atoms with E-state index in [9.17, 15) is 0 Å². The normalized spacial score (nSPS) is 12.0. The van der Waals surface area contributed by atoms with Crippen LogP contribution in [0.2, 0.25) is 5.02 Å². The van der Waals surface area contributed by atoms with Crippen molar-refractivity contribution in [3.8, 4) is 0 Å². The Morgan fingerprint density at radius 1 is 1.10 bits per heavy atom. The van der Waals surface area contributed by atoms with E-state index < -0.39 is 0 Å². The van der Waals surface area contributed by atoms with Crippen LogP contribution in [0.25, 0.3) is 0 Å². The molecule has 114 valence electrons. The van der Waals surface area contributed by atoms with E-state index in [1.807, 2.05) is 0 Å². The number of hydrogen-bond donors (Lipinski definition) is 1. The largest absolute Gasteiger partial charge is 0.372 e. The fourth-order valence-corrected chi connectivity index (χ4v) is 2.16. The molecule has 0 bridgehead atoms. The lowest BCUT2D eigenvalue weighted by atomic mass is 10.1. The van der Waals surface area contributed by atoms with Crippen LogP contribution in [0.5, 0.6) is 0 Å². The predicted molar refractivity (Wildman–Crippen MR) is 89.9 cm³/mol. The molecule has 20 heavy (non-hydrogen) atoms. The number of nitrogens with one attached hydrogen (secondary N) is 1. The highest BCUT2D eigenvalue weighted by Gasteiger charge is 2.10. The molecule has 1 aromatic carbocycles. The molecule has 0 amide bonds.